The number of halogens is 1. The van der Waals surface area contributed by atoms with Gasteiger partial charge in [-0.3, -0.25) is 9.48 Å². The number of nitrogens with two attached hydrogens (primary N) is 1. The van der Waals surface area contributed by atoms with Gasteiger partial charge in [0, 0.05) is 17.5 Å². The predicted molar refractivity (Wildman–Crippen MR) is 81.7 cm³/mol. The van der Waals surface area contributed by atoms with E-state index in [-0.39, 0.29) is 5.56 Å². The van der Waals surface area contributed by atoms with E-state index in [2.05, 4.69) is 6.92 Å². The van der Waals surface area contributed by atoms with Crippen LogP contribution in [0.2, 0.25) is 5.02 Å². The van der Waals surface area contributed by atoms with Crippen LogP contribution in [0.4, 0.5) is 5.69 Å². The fraction of sp³-hybridized carbons (Fsp3) is 0.400. The molecule has 2 aromatic rings. The van der Waals surface area contributed by atoms with Gasteiger partial charge in [0.1, 0.15) is 5.69 Å². The van der Waals surface area contributed by atoms with Crippen LogP contribution in [-0.2, 0) is 6.54 Å². The Morgan fingerprint density at radius 1 is 1.30 bits per heavy atom. The molecule has 0 unspecified atom stereocenters. The van der Waals surface area contributed by atoms with Crippen LogP contribution >= 0.6 is 11.6 Å². The van der Waals surface area contributed by atoms with Gasteiger partial charge in [0.15, 0.2) is 0 Å². The lowest BCUT2D eigenvalue weighted by Gasteiger charge is -2.14. The Morgan fingerprint density at radius 2 is 1.95 bits per heavy atom. The van der Waals surface area contributed by atoms with Gasteiger partial charge in [-0.05, 0) is 43.5 Å². The van der Waals surface area contributed by atoms with Gasteiger partial charge in [-0.15, -0.1) is 0 Å². The van der Waals surface area contributed by atoms with Crippen molar-refractivity contribution in [1.29, 1.82) is 0 Å². The summed E-state index contributed by atoms with van der Waals surface area (Å²) in [6.45, 7) is 2.89. The van der Waals surface area contributed by atoms with Crippen LogP contribution in [-0.4, -0.2) is 9.36 Å². The molecule has 4 nitrogen and oxygen atoms in total. The average Bonchev–Trinajstić information content (AvgIpc) is 3.22. The van der Waals surface area contributed by atoms with Gasteiger partial charge in [0.05, 0.1) is 11.4 Å². The molecule has 1 aromatic carbocycles. The fourth-order valence-electron chi connectivity index (χ4n) is 2.64. The first-order valence-electron chi connectivity index (χ1n) is 7.00. The molecular formula is C15H18ClN3O. The molecule has 1 aromatic heterocycles. The number of hydrogen-bond donors (Lipinski definition) is 1. The molecule has 106 valence electrons. The van der Waals surface area contributed by atoms with Crippen molar-refractivity contribution in [3.63, 3.8) is 0 Å². The van der Waals surface area contributed by atoms with Gasteiger partial charge < -0.3 is 5.73 Å². The molecule has 1 aliphatic rings. The van der Waals surface area contributed by atoms with E-state index in [1.165, 1.54) is 0 Å². The van der Waals surface area contributed by atoms with Crippen molar-refractivity contribution in [2.75, 3.05) is 5.73 Å². The SMILES string of the molecule is CCCn1c(C2CC2)c(N)c(=O)n1-c1ccc(Cl)cc1. The molecule has 0 spiro atoms. The summed E-state index contributed by atoms with van der Waals surface area (Å²) in [5, 5.41) is 0.658. The van der Waals surface area contributed by atoms with Gasteiger partial charge in [0.2, 0.25) is 0 Å². The Balaban J connectivity index is 2.20. The zero-order chi connectivity index (χ0) is 14.3. The van der Waals surface area contributed by atoms with Gasteiger partial charge in [-0.25, -0.2) is 4.68 Å². The van der Waals surface area contributed by atoms with Crippen molar-refractivity contribution < 1.29 is 0 Å². The standard InChI is InChI=1S/C15H18ClN3O/c1-2-9-18-14(10-3-4-10)13(17)15(20)19(18)12-7-5-11(16)6-8-12/h5-8,10H,2-4,9,17H2,1H3. The van der Waals surface area contributed by atoms with Crippen molar-refractivity contribution >= 4 is 17.3 Å². The van der Waals surface area contributed by atoms with E-state index < -0.39 is 0 Å². The van der Waals surface area contributed by atoms with E-state index in [1.807, 2.05) is 16.8 Å². The topological polar surface area (TPSA) is 52.9 Å². The lowest BCUT2D eigenvalue weighted by Crippen LogP contribution is -2.22. The molecule has 5 heteroatoms. The maximum absolute atomic E-state index is 12.5. The second kappa shape index (κ2) is 5.02. The minimum absolute atomic E-state index is 0.123. The highest BCUT2D eigenvalue weighted by atomic mass is 35.5. The third-order valence-corrected chi connectivity index (χ3v) is 3.94. The lowest BCUT2D eigenvalue weighted by atomic mass is 10.2. The third kappa shape index (κ3) is 2.14. The van der Waals surface area contributed by atoms with E-state index in [9.17, 15) is 4.79 Å². The first-order valence-corrected chi connectivity index (χ1v) is 7.38. The van der Waals surface area contributed by atoms with Crippen molar-refractivity contribution in [3.05, 3.63) is 45.3 Å². The molecule has 1 saturated carbocycles. The molecule has 1 fully saturated rings. The number of nitrogen functional groups attached to an aromatic ring is 1. The number of anilines is 1. The Kier molecular flexibility index (Phi) is 3.34. The molecule has 2 N–H and O–H groups in total. The summed E-state index contributed by atoms with van der Waals surface area (Å²) >= 11 is 5.92. The Labute approximate surface area is 122 Å². The quantitative estimate of drug-likeness (QED) is 0.941. The second-order valence-electron chi connectivity index (χ2n) is 5.29. The van der Waals surface area contributed by atoms with Crippen LogP contribution in [0.3, 0.4) is 0 Å². The van der Waals surface area contributed by atoms with Crippen LogP contribution in [0, 0.1) is 0 Å². The normalized spacial score (nSPS) is 14.7. The van der Waals surface area contributed by atoms with E-state index in [1.54, 1.807) is 16.8 Å². The second-order valence-corrected chi connectivity index (χ2v) is 5.73. The zero-order valence-corrected chi connectivity index (χ0v) is 12.2. The van der Waals surface area contributed by atoms with E-state index in [4.69, 9.17) is 17.3 Å². The number of hydrogen-bond acceptors (Lipinski definition) is 2. The van der Waals surface area contributed by atoms with E-state index >= 15 is 0 Å². The largest absolute Gasteiger partial charge is 0.393 e. The smallest absolute Gasteiger partial charge is 0.294 e. The van der Waals surface area contributed by atoms with Crippen LogP contribution in [0.15, 0.2) is 29.1 Å². The minimum atomic E-state index is -0.123. The van der Waals surface area contributed by atoms with Crippen molar-refractivity contribution in [3.8, 4) is 5.69 Å². The number of rotatable bonds is 4. The average molecular weight is 292 g/mol. The Morgan fingerprint density at radius 3 is 2.50 bits per heavy atom. The number of aromatic nitrogens is 2. The predicted octanol–water partition coefficient (Wildman–Crippen LogP) is 3.16. The molecule has 20 heavy (non-hydrogen) atoms. The minimum Gasteiger partial charge on any atom is -0.393 e. The van der Waals surface area contributed by atoms with Gasteiger partial charge >= 0.3 is 0 Å². The molecule has 1 heterocycles. The van der Waals surface area contributed by atoms with Gasteiger partial charge in [-0.2, -0.15) is 0 Å². The lowest BCUT2D eigenvalue weighted by molar-refractivity contribution is 0.515. The Hall–Kier alpha value is -1.68. The summed E-state index contributed by atoms with van der Waals surface area (Å²) in [7, 11) is 0. The first-order chi connectivity index (χ1) is 9.63. The summed E-state index contributed by atoms with van der Waals surface area (Å²) in [6, 6.07) is 7.29. The van der Waals surface area contributed by atoms with Crippen LogP contribution in [0.25, 0.3) is 5.69 Å². The summed E-state index contributed by atoms with van der Waals surface area (Å²) in [5.41, 5.74) is 8.16. The molecule has 0 aliphatic heterocycles. The molecule has 0 bridgehead atoms. The molecular weight excluding hydrogens is 274 g/mol. The third-order valence-electron chi connectivity index (χ3n) is 3.69. The van der Waals surface area contributed by atoms with Crippen molar-refractivity contribution in [2.24, 2.45) is 0 Å². The van der Waals surface area contributed by atoms with Crippen LogP contribution in [0.5, 0.6) is 0 Å². The van der Waals surface area contributed by atoms with Crippen molar-refractivity contribution in [1.82, 2.24) is 9.36 Å². The zero-order valence-electron chi connectivity index (χ0n) is 11.5. The van der Waals surface area contributed by atoms with Gasteiger partial charge in [0.25, 0.3) is 5.56 Å². The highest BCUT2D eigenvalue weighted by molar-refractivity contribution is 6.30. The molecule has 3 rings (SSSR count). The van der Waals surface area contributed by atoms with Crippen LogP contribution < -0.4 is 11.3 Å². The Bertz CT molecular complexity index is 680. The summed E-state index contributed by atoms with van der Waals surface area (Å²) in [6.07, 6.45) is 3.21. The van der Waals surface area contributed by atoms with E-state index in [0.717, 1.165) is 37.2 Å². The molecule has 0 atom stereocenters. The monoisotopic (exact) mass is 291 g/mol. The number of nitrogens with zero attached hydrogens (tertiary/aromatic N) is 2. The summed E-state index contributed by atoms with van der Waals surface area (Å²) < 4.78 is 3.72. The number of benzene rings is 1. The highest BCUT2D eigenvalue weighted by Crippen LogP contribution is 2.42. The summed E-state index contributed by atoms with van der Waals surface area (Å²) in [4.78, 5) is 12.5. The molecule has 0 saturated heterocycles. The molecule has 1 aliphatic carbocycles. The molecule has 0 amide bonds. The maximum Gasteiger partial charge on any atom is 0.294 e. The highest BCUT2D eigenvalue weighted by Gasteiger charge is 2.32. The van der Waals surface area contributed by atoms with Gasteiger partial charge in [-0.1, -0.05) is 18.5 Å². The first kappa shape index (κ1) is 13.3. The summed E-state index contributed by atoms with van der Waals surface area (Å²) in [5.74, 6) is 0.447. The van der Waals surface area contributed by atoms with E-state index in [0.29, 0.717) is 16.6 Å². The van der Waals surface area contributed by atoms with Crippen LogP contribution in [0.1, 0.15) is 37.8 Å². The van der Waals surface area contributed by atoms with Crippen molar-refractivity contribution in [2.45, 2.75) is 38.6 Å². The fourth-order valence-corrected chi connectivity index (χ4v) is 2.76. The molecule has 0 radical (unpaired) electrons. The maximum atomic E-state index is 12.5.